The fourth-order valence-electron chi connectivity index (χ4n) is 4.62. The standard InChI is InChI=1S/C26H30F3N3O7S/c1-17-13-21(38-16-20(34)15-33)6-5-18(17)7-12-40(36,37)32-10-8-25(9-11-32)24(35)30-23(31-25)19-3-2-4-22(14-19)39-26(27,28)29/h2-6,13-14,20,33-34H,7-12,15-16H2,1H3,(H,30,31,35)/t20-/m1/s1. The van der Waals surface area contributed by atoms with E-state index in [1.165, 1.54) is 16.4 Å². The van der Waals surface area contributed by atoms with Crippen LogP contribution in [0, 0.1) is 6.92 Å². The summed E-state index contributed by atoms with van der Waals surface area (Å²) in [5, 5.41) is 20.9. The maximum Gasteiger partial charge on any atom is 0.573 e. The summed E-state index contributed by atoms with van der Waals surface area (Å²) in [4.78, 5) is 17.3. The number of aliphatic hydroxyl groups is 2. The smallest absolute Gasteiger partial charge is 0.491 e. The third-order valence-corrected chi connectivity index (χ3v) is 8.73. The van der Waals surface area contributed by atoms with E-state index in [1.54, 1.807) is 18.2 Å². The highest BCUT2D eigenvalue weighted by Crippen LogP contribution is 2.33. The summed E-state index contributed by atoms with van der Waals surface area (Å²) in [7, 11) is -3.65. The Morgan fingerprint density at radius 2 is 1.88 bits per heavy atom. The van der Waals surface area contributed by atoms with Crippen LogP contribution >= 0.6 is 0 Å². The van der Waals surface area contributed by atoms with Crippen molar-refractivity contribution in [2.45, 2.75) is 44.2 Å². The molecule has 2 aromatic carbocycles. The first-order chi connectivity index (χ1) is 18.8. The minimum absolute atomic E-state index is 0.0669. The number of alkyl halides is 3. The van der Waals surface area contributed by atoms with Gasteiger partial charge in [0.25, 0.3) is 5.91 Å². The van der Waals surface area contributed by atoms with Crippen molar-refractivity contribution in [3.63, 3.8) is 0 Å². The van der Waals surface area contributed by atoms with Crippen molar-refractivity contribution in [2.24, 2.45) is 4.99 Å². The molecule has 0 aliphatic carbocycles. The molecule has 2 aliphatic rings. The first-order valence-corrected chi connectivity index (χ1v) is 14.2. The summed E-state index contributed by atoms with van der Waals surface area (Å²) in [6, 6.07) is 10.3. The highest BCUT2D eigenvalue weighted by molar-refractivity contribution is 7.89. The van der Waals surface area contributed by atoms with E-state index in [0.29, 0.717) is 5.75 Å². The van der Waals surface area contributed by atoms with Crippen LogP contribution in [0.1, 0.15) is 29.5 Å². The topological polar surface area (TPSA) is 138 Å². The normalized spacial score (nSPS) is 18.4. The summed E-state index contributed by atoms with van der Waals surface area (Å²) < 4.78 is 74.6. The minimum atomic E-state index is -4.86. The third kappa shape index (κ3) is 7.11. The van der Waals surface area contributed by atoms with Gasteiger partial charge in [0.15, 0.2) is 0 Å². The van der Waals surface area contributed by atoms with Crippen LogP contribution in [0.4, 0.5) is 13.2 Å². The van der Waals surface area contributed by atoms with Crippen LogP contribution in [0.2, 0.25) is 0 Å². The van der Waals surface area contributed by atoms with E-state index in [2.05, 4.69) is 15.0 Å². The third-order valence-electron chi connectivity index (χ3n) is 6.86. The molecule has 0 aromatic heterocycles. The first kappa shape index (κ1) is 29.8. The van der Waals surface area contributed by atoms with Crippen LogP contribution in [0.15, 0.2) is 47.5 Å². The Bertz CT molecular complexity index is 1370. The lowest BCUT2D eigenvalue weighted by molar-refractivity contribution is -0.274. The Kier molecular flexibility index (Phi) is 8.73. The summed E-state index contributed by atoms with van der Waals surface area (Å²) in [5.41, 5.74) is 0.683. The maximum atomic E-state index is 13.1. The molecule has 14 heteroatoms. The highest BCUT2D eigenvalue weighted by Gasteiger charge is 2.47. The van der Waals surface area contributed by atoms with Gasteiger partial charge in [-0.05, 0) is 61.6 Å². The number of benzene rings is 2. The number of halogens is 3. The predicted octanol–water partition coefficient (Wildman–Crippen LogP) is 1.91. The van der Waals surface area contributed by atoms with Gasteiger partial charge >= 0.3 is 6.36 Å². The van der Waals surface area contributed by atoms with Crippen molar-refractivity contribution < 1.29 is 46.1 Å². The van der Waals surface area contributed by atoms with Crippen LogP contribution in [-0.2, 0) is 21.2 Å². The number of nitrogens with zero attached hydrogens (tertiary/aromatic N) is 2. The van der Waals surface area contributed by atoms with E-state index >= 15 is 0 Å². The second-order valence-corrected chi connectivity index (χ2v) is 11.8. The van der Waals surface area contributed by atoms with Gasteiger partial charge in [-0.1, -0.05) is 18.2 Å². The number of hydrogen-bond acceptors (Lipinski definition) is 8. The lowest BCUT2D eigenvalue weighted by atomic mass is 9.89. The fraction of sp³-hybridized carbons (Fsp3) is 0.462. The van der Waals surface area contributed by atoms with Crippen LogP contribution < -0.4 is 14.8 Å². The average Bonchev–Trinajstić information content (AvgIpc) is 3.21. The molecule has 10 nitrogen and oxygen atoms in total. The molecule has 3 N–H and O–H groups in total. The van der Waals surface area contributed by atoms with Crippen LogP contribution in [0.3, 0.4) is 0 Å². The molecule has 1 atom stereocenters. The number of aryl methyl sites for hydroxylation is 2. The van der Waals surface area contributed by atoms with Crippen molar-refractivity contribution in [2.75, 3.05) is 32.1 Å². The number of ether oxygens (including phenoxy) is 2. The molecule has 0 radical (unpaired) electrons. The lowest BCUT2D eigenvalue weighted by Gasteiger charge is -2.34. The minimum Gasteiger partial charge on any atom is -0.491 e. The number of sulfonamides is 1. The van der Waals surface area contributed by atoms with Crippen LogP contribution in [0.5, 0.6) is 11.5 Å². The quantitative estimate of drug-likeness (QED) is 0.387. The second-order valence-electron chi connectivity index (χ2n) is 9.72. The Morgan fingerprint density at radius 3 is 2.52 bits per heavy atom. The average molecular weight is 586 g/mol. The molecule has 2 aliphatic heterocycles. The number of aliphatic hydroxyl groups excluding tert-OH is 2. The number of hydrogen-bond donors (Lipinski definition) is 3. The number of nitrogens with one attached hydrogen (secondary N) is 1. The molecule has 0 unspecified atom stereocenters. The maximum absolute atomic E-state index is 13.1. The second kappa shape index (κ2) is 11.7. The van der Waals surface area contributed by atoms with E-state index in [9.17, 15) is 31.5 Å². The number of aliphatic imine (C=N–C) groups is 1. The highest BCUT2D eigenvalue weighted by atomic mass is 32.2. The number of carbonyl (C=O) groups is 1. The molecule has 2 heterocycles. The number of amidine groups is 1. The zero-order valence-electron chi connectivity index (χ0n) is 21.6. The van der Waals surface area contributed by atoms with E-state index in [1.807, 2.05) is 6.92 Å². The van der Waals surface area contributed by atoms with E-state index in [0.717, 1.165) is 23.3 Å². The van der Waals surface area contributed by atoms with E-state index in [4.69, 9.17) is 9.84 Å². The fourth-order valence-corrected chi connectivity index (χ4v) is 6.09. The molecule has 1 fully saturated rings. The van der Waals surface area contributed by atoms with Gasteiger partial charge in [0.1, 0.15) is 35.6 Å². The van der Waals surface area contributed by atoms with Crippen LogP contribution in [0.25, 0.3) is 0 Å². The molecule has 40 heavy (non-hydrogen) atoms. The van der Waals surface area contributed by atoms with Crippen molar-refractivity contribution >= 4 is 21.8 Å². The molecular formula is C26H30F3N3O7S. The van der Waals surface area contributed by atoms with Gasteiger partial charge in [-0.3, -0.25) is 9.79 Å². The van der Waals surface area contributed by atoms with Gasteiger partial charge in [0, 0.05) is 18.7 Å². The summed E-state index contributed by atoms with van der Waals surface area (Å²) >= 11 is 0. The molecule has 0 bridgehead atoms. The SMILES string of the molecule is Cc1cc(OC[C@H](O)CO)ccc1CCS(=O)(=O)N1CCC2(CC1)N=C(c1cccc(OC(F)(F)F)c1)NC2=O. The Labute approximate surface area is 229 Å². The Morgan fingerprint density at radius 1 is 1.15 bits per heavy atom. The molecular weight excluding hydrogens is 555 g/mol. The number of piperidine rings is 1. The van der Waals surface area contributed by atoms with E-state index < -0.39 is 46.3 Å². The Balaban J connectivity index is 1.36. The zero-order valence-corrected chi connectivity index (χ0v) is 22.5. The van der Waals surface area contributed by atoms with Gasteiger partial charge in [-0.25, -0.2) is 12.7 Å². The van der Waals surface area contributed by atoms with Crippen molar-refractivity contribution in [3.8, 4) is 11.5 Å². The molecule has 4 rings (SSSR count). The van der Waals surface area contributed by atoms with Gasteiger partial charge in [-0.15, -0.1) is 13.2 Å². The largest absolute Gasteiger partial charge is 0.573 e. The summed E-state index contributed by atoms with van der Waals surface area (Å²) in [6.45, 7) is 1.48. The monoisotopic (exact) mass is 585 g/mol. The molecule has 1 amide bonds. The molecule has 0 saturated carbocycles. The predicted molar refractivity (Wildman–Crippen MR) is 139 cm³/mol. The van der Waals surface area contributed by atoms with E-state index in [-0.39, 0.29) is 56.1 Å². The zero-order chi connectivity index (χ0) is 29.1. The van der Waals surface area contributed by atoms with Crippen molar-refractivity contribution in [3.05, 3.63) is 59.2 Å². The number of carbonyl (C=O) groups excluding carboxylic acids is 1. The van der Waals surface area contributed by atoms with Gasteiger partial charge in [-0.2, -0.15) is 0 Å². The first-order valence-electron chi connectivity index (χ1n) is 12.6. The van der Waals surface area contributed by atoms with Crippen molar-refractivity contribution in [1.29, 1.82) is 0 Å². The Hall–Kier alpha value is -3.20. The number of rotatable bonds is 10. The van der Waals surface area contributed by atoms with Gasteiger partial charge in [0.05, 0.1) is 12.4 Å². The molecule has 218 valence electrons. The van der Waals surface area contributed by atoms with Crippen LogP contribution in [-0.4, -0.2) is 84.7 Å². The number of amides is 1. The summed E-state index contributed by atoms with van der Waals surface area (Å²) in [6.07, 6.45) is -5.34. The summed E-state index contributed by atoms with van der Waals surface area (Å²) in [5.74, 6) is -0.403. The van der Waals surface area contributed by atoms with Gasteiger partial charge < -0.3 is 25.0 Å². The van der Waals surface area contributed by atoms with Gasteiger partial charge in [0.2, 0.25) is 10.0 Å². The lowest BCUT2D eigenvalue weighted by Crippen LogP contribution is -2.50. The molecule has 2 aromatic rings. The molecule has 1 saturated heterocycles. The molecule has 1 spiro atoms. The van der Waals surface area contributed by atoms with Crippen molar-refractivity contribution in [1.82, 2.24) is 9.62 Å².